The lowest BCUT2D eigenvalue weighted by Gasteiger charge is -2.13. The van der Waals surface area contributed by atoms with Crippen molar-refractivity contribution in [1.82, 2.24) is 0 Å². The Morgan fingerprint density at radius 2 is 1.83 bits per heavy atom. The minimum Gasteiger partial charge on any atom is -0.479 e. The van der Waals surface area contributed by atoms with Gasteiger partial charge in [0.25, 0.3) is 0 Å². The van der Waals surface area contributed by atoms with Gasteiger partial charge in [-0.25, -0.2) is 4.79 Å². The highest BCUT2D eigenvalue weighted by molar-refractivity contribution is 5.72. The summed E-state index contributed by atoms with van der Waals surface area (Å²) < 4.78 is 5.40. The summed E-state index contributed by atoms with van der Waals surface area (Å²) in [5.74, 6) is -0.884. The van der Waals surface area contributed by atoms with Crippen LogP contribution in [0.3, 0.4) is 0 Å². The first-order chi connectivity index (χ1) is 8.67. The SMILES string of the molecule is CCCCOC(Cc1ccc(CC)cc1)C(=O)O. The average molecular weight is 250 g/mol. The number of ether oxygens (including phenoxy) is 1. The van der Waals surface area contributed by atoms with Crippen molar-refractivity contribution in [2.45, 2.75) is 45.6 Å². The minimum atomic E-state index is -0.884. The van der Waals surface area contributed by atoms with E-state index in [4.69, 9.17) is 9.84 Å². The van der Waals surface area contributed by atoms with Crippen molar-refractivity contribution >= 4 is 5.97 Å². The van der Waals surface area contributed by atoms with Gasteiger partial charge in [-0.1, -0.05) is 44.5 Å². The molecular formula is C15H22O3. The smallest absolute Gasteiger partial charge is 0.333 e. The molecule has 1 aromatic carbocycles. The summed E-state index contributed by atoms with van der Waals surface area (Å²) in [7, 11) is 0. The Morgan fingerprint density at radius 3 is 2.33 bits per heavy atom. The molecule has 0 amide bonds. The predicted octanol–water partition coefficient (Wildman–Crippen LogP) is 3.06. The Labute approximate surface area is 109 Å². The van der Waals surface area contributed by atoms with Crippen LogP contribution in [0.1, 0.15) is 37.8 Å². The Bertz CT molecular complexity index is 357. The van der Waals surface area contributed by atoms with Gasteiger partial charge in [0.1, 0.15) is 0 Å². The van der Waals surface area contributed by atoms with Crippen molar-refractivity contribution in [1.29, 1.82) is 0 Å². The topological polar surface area (TPSA) is 46.5 Å². The highest BCUT2D eigenvalue weighted by atomic mass is 16.5. The van der Waals surface area contributed by atoms with Crippen molar-refractivity contribution in [2.24, 2.45) is 0 Å². The van der Waals surface area contributed by atoms with Crippen LogP contribution in [0.2, 0.25) is 0 Å². The van der Waals surface area contributed by atoms with E-state index >= 15 is 0 Å². The number of benzene rings is 1. The molecule has 0 saturated heterocycles. The standard InChI is InChI=1S/C15H22O3/c1-3-5-10-18-14(15(16)17)11-13-8-6-12(4-2)7-9-13/h6-9,14H,3-5,10-11H2,1-2H3,(H,16,17). The predicted molar refractivity (Wildman–Crippen MR) is 71.8 cm³/mol. The van der Waals surface area contributed by atoms with E-state index in [0.717, 1.165) is 24.8 Å². The molecule has 1 rings (SSSR count). The summed E-state index contributed by atoms with van der Waals surface area (Å²) >= 11 is 0. The van der Waals surface area contributed by atoms with Crippen LogP contribution in [0.5, 0.6) is 0 Å². The number of hydrogen-bond acceptors (Lipinski definition) is 2. The first-order valence-electron chi connectivity index (χ1n) is 6.59. The van der Waals surface area contributed by atoms with Crippen LogP contribution in [-0.4, -0.2) is 23.8 Å². The Hall–Kier alpha value is -1.35. The molecule has 0 radical (unpaired) electrons. The van der Waals surface area contributed by atoms with Gasteiger partial charge in [0.2, 0.25) is 0 Å². The maximum absolute atomic E-state index is 11.1. The Kier molecular flexibility index (Phi) is 6.44. The third-order valence-corrected chi connectivity index (χ3v) is 2.94. The van der Waals surface area contributed by atoms with E-state index in [1.807, 2.05) is 24.3 Å². The van der Waals surface area contributed by atoms with Crippen LogP contribution >= 0.6 is 0 Å². The molecule has 0 aliphatic rings. The molecule has 1 N–H and O–H groups in total. The van der Waals surface area contributed by atoms with Crippen molar-refractivity contribution in [2.75, 3.05) is 6.61 Å². The molecule has 18 heavy (non-hydrogen) atoms. The van der Waals surface area contributed by atoms with Crippen molar-refractivity contribution in [3.05, 3.63) is 35.4 Å². The molecule has 0 heterocycles. The lowest BCUT2D eigenvalue weighted by Crippen LogP contribution is -2.26. The zero-order valence-electron chi connectivity index (χ0n) is 11.2. The number of aliphatic carboxylic acids is 1. The second-order valence-corrected chi connectivity index (χ2v) is 4.43. The van der Waals surface area contributed by atoms with Gasteiger partial charge in [0, 0.05) is 13.0 Å². The van der Waals surface area contributed by atoms with Gasteiger partial charge in [0.05, 0.1) is 0 Å². The molecule has 1 unspecified atom stereocenters. The van der Waals surface area contributed by atoms with Crippen molar-refractivity contribution in [3.8, 4) is 0 Å². The highest BCUT2D eigenvalue weighted by Crippen LogP contribution is 2.10. The Balaban J connectivity index is 2.56. The number of carbonyl (C=O) groups is 1. The van der Waals surface area contributed by atoms with E-state index in [-0.39, 0.29) is 0 Å². The van der Waals surface area contributed by atoms with E-state index in [9.17, 15) is 4.79 Å². The molecule has 100 valence electrons. The summed E-state index contributed by atoms with van der Waals surface area (Å²) in [6, 6.07) is 8.05. The summed E-state index contributed by atoms with van der Waals surface area (Å²) in [6.45, 7) is 4.67. The number of hydrogen-bond donors (Lipinski definition) is 1. The van der Waals surface area contributed by atoms with Gasteiger partial charge in [0.15, 0.2) is 6.10 Å². The first-order valence-corrected chi connectivity index (χ1v) is 6.59. The van der Waals surface area contributed by atoms with Gasteiger partial charge in [-0.2, -0.15) is 0 Å². The third-order valence-electron chi connectivity index (χ3n) is 2.94. The van der Waals surface area contributed by atoms with Gasteiger partial charge >= 0.3 is 5.97 Å². The number of unbranched alkanes of at least 4 members (excludes halogenated alkanes) is 1. The maximum atomic E-state index is 11.1. The fourth-order valence-corrected chi connectivity index (χ4v) is 1.71. The quantitative estimate of drug-likeness (QED) is 0.721. The van der Waals surface area contributed by atoms with Crippen LogP contribution in [0.15, 0.2) is 24.3 Å². The van der Waals surface area contributed by atoms with Gasteiger partial charge in [-0.3, -0.25) is 0 Å². The van der Waals surface area contributed by atoms with Crippen LogP contribution in [-0.2, 0) is 22.4 Å². The molecule has 1 atom stereocenters. The van der Waals surface area contributed by atoms with E-state index in [1.54, 1.807) is 0 Å². The van der Waals surface area contributed by atoms with E-state index in [2.05, 4.69) is 13.8 Å². The second-order valence-electron chi connectivity index (χ2n) is 4.43. The fraction of sp³-hybridized carbons (Fsp3) is 0.533. The molecule has 0 spiro atoms. The fourth-order valence-electron chi connectivity index (χ4n) is 1.71. The van der Waals surface area contributed by atoms with Crippen LogP contribution in [0.25, 0.3) is 0 Å². The van der Waals surface area contributed by atoms with Gasteiger partial charge in [-0.05, 0) is 24.0 Å². The molecular weight excluding hydrogens is 228 g/mol. The van der Waals surface area contributed by atoms with Crippen LogP contribution in [0, 0.1) is 0 Å². The average Bonchev–Trinajstić information content (AvgIpc) is 2.38. The summed E-state index contributed by atoms with van der Waals surface area (Å²) in [6.07, 6.45) is 2.61. The molecule has 0 saturated carbocycles. The molecule has 3 heteroatoms. The van der Waals surface area contributed by atoms with E-state index in [0.29, 0.717) is 13.0 Å². The molecule has 0 aromatic heterocycles. The monoisotopic (exact) mass is 250 g/mol. The number of carboxylic acids is 1. The molecule has 1 aromatic rings. The lowest BCUT2D eigenvalue weighted by molar-refractivity contribution is -0.150. The number of rotatable bonds is 8. The maximum Gasteiger partial charge on any atom is 0.333 e. The normalized spacial score (nSPS) is 12.3. The Morgan fingerprint density at radius 1 is 1.22 bits per heavy atom. The zero-order chi connectivity index (χ0) is 13.4. The molecule has 0 bridgehead atoms. The van der Waals surface area contributed by atoms with Crippen LogP contribution in [0.4, 0.5) is 0 Å². The minimum absolute atomic E-state index is 0.434. The molecule has 0 fully saturated rings. The van der Waals surface area contributed by atoms with Crippen LogP contribution < -0.4 is 0 Å². The highest BCUT2D eigenvalue weighted by Gasteiger charge is 2.18. The number of carboxylic acid groups (broad SMARTS) is 1. The van der Waals surface area contributed by atoms with Crippen molar-refractivity contribution in [3.63, 3.8) is 0 Å². The first kappa shape index (κ1) is 14.7. The van der Waals surface area contributed by atoms with E-state index in [1.165, 1.54) is 5.56 Å². The largest absolute Gasteiger partial charge is 0.479 e. The lowest BCUT2D eigenvalue weighted by atomic mass is 10.0. The zero-order valence-corrected chi connectivity index (χ0v) is 11.2. The van der Waals surface area contributed by atoms with E-state index < -0.39 is 12.1 Å². The molecule has 3 nitrogen and oxygen atoms in total. The second kappa shape index (κ2) is 7.88. The summed E-state index contributed by atoms with van der Waals surface area (Å²) in [5, 5.41) is 9.11. The van der Waals surface area contributed by atoms with Gasteiger partial charge in [-0.15, -0.1) is 0 Å². The third kappa shape index (κ3) is 4.88. The summed E-state index contributed by atoms with van der Waals surface area (Å²) in [4.78, 5) is 11.1. The molecule has 0 aliphatic carbocycles. The van der Waals surface area contributed by atoms with Crippen molar-refractivity contribution < 1.29 is 14.6 Å². The molecule has 0 aliphatic heterocycles. The summed E-state index contributed by atoms with van der Waals surface area (Å²) in [5.41, 5.74) is 2.27. The van der Waals surface area contributed by atoms with Gasteiger partial charge < -0.3 is 9.84 Å². The number of aryl methyl sites for hydroxylation is 1.